The zero-order chi connectivity index (χ0) is 36.1. The maximum atomic E-state index is 12.7. The molecule has 9 heteroatoms. The van der Waals surface area contributed by atoms with Gasteiger partial charge < -0.3 is 21.1 Å². The van der Waals surface area contributed by atoms with Crippen molar-refractivity contribution in [2.24, 2.45) is 5.73 Å². The van der Waals surface area contributed by atoms with Crippen LogP contribution in [0.2, 0.25) is 0 Å². The van der Waals surface area contributed by atoms with Gasteiger partial charge in [0.05, 0.1) is 25.4 Å². The Morgan fingerprint density at radius 3 is 1.57 bits per heavy atom. The Balaban J connectivity index is 4.08. The molecule has 0 fully saturated rings. The summed E-state index contributed by atoms with van der Waals surface area (Å²) in [7, 11) is -4.33. The number of hydrogen-bond donors (Lipinski definition) is 4. The van der Waals surface area contributed by atoms with Gasteiger partial charge in [-0.05, 0) is 32.1 Å². The van der Waals surface area contributed by atoms with E-state index < -0.39 is 20.0 Å². The van der Waals surface area contributed by atoms with Gasteiger partial charge in [-0.2, -0.15) is 0 Å². The summed E-state index contributed by atoms with van der Waals surface area (Å²) in [5.41, 5.74) is 5.35. The second-order valence-corrected chi connectivity index (χ2v) is 15.3. The van der Waals surface area contributed by atoms with Gasteiger partial charge >= 0.3 is 7.82 Å². The SMILES string of the molecule is CCCCC/C=C/CC/C=C/C(O)C(COP(=O)(O)OCCN)NC(=O)CCCCCCCCCCCCCCCCCCCCCCC. The number of carbonyl (C=O) groups is 1. The zero-order valence-electron chi connectivity index (χ0n) is 31.9. The Morgan fingerprint density at radius 2 is 1.08 bits per heavy atom. The number of nitrogens with one attached hydrogen (secondary N) is 1. The van der Waals surface area contributed by atoms with E-state index in [1.165, 1.54) is 135 Å². The highest BCUT2D eigenvalue weighted by Crippen LogP contribution is 2.43. The fourth-order valence-corrected chi connectivity index (χ4v) is 6.67. The summed E-state index contributed by atoms with van der Waals surface area (Å²) in [6.45, 7) is 4.07. The smallest absolute Gasteiger partial charge is 0.387 e. The monoisotopic (exact) mass is 715 g/mol. The number of amides is 1. The molecule has 290 valence electrons. The van der Waals surface area contributed by atoms with Crippen LogP contribution in [0.1, 0.15) is 194 Å². The average molecular weight is 715 g/mol. The highest BCUT2D eigenvalue weighted by atomic mass is 31.2. The molecule has 0 rings (SSSR count). The van der Waals surface area contributed by atoms with Crippen LogP contribution in [0, 0.1) is 0 Å². The lowest BCUT2D eigenvalue weighted by Gasteiger charge is -2.23. The minimum absolute atomic E-state index is 0.0754. The molecule has 5 N–H and O–H groups in total. The van der Waals surface area contributed by atoms with Crippen molar-refractivity contribution in [3.8, 4) is 0 Å². The number of rotatable bonds is 38. The summed E-state index contributed by atoms with van der Waals surface area (Å²) in [5, 5.41) is 13.5. The molecule has 0 bridgehead atoms. The molecule has 1 amide bonds. The highest BCUT2D eigenvalue weighted by molar-refractivity contribution is 7.47. The first-order chi connectivity index (χ1) is 23.9. The molecule has 0 aromatic heterocycles. The Bertz CT molecular complexity index is 825. The maximum Gasteiger partial charge on any atom is 0.472 e. The summed E-state index contributed by atoms with van der Waals surface area (Å²) in [6, 6.07) is -0.870. The van der Waals surface area contributed by atoms with Crippen molar-refractivity contribution in [2.45, 2.75) is 206 Å². The van der Waals surface area contributed by atoms with E-state index >= 15 is 0 Å². The molecule has 0 spiro atoms. The Hall–Kier alpha value is -1.02. The van der Waals surface area contributed by atoms with E-state index in [4.69, 9.17) is 14.8 Å². The first-order valence-corrected chi connectivity index (χ1v) is 22.0. The van der Waals surface area contributed by atoms with Gasteiger partial charge in [-0.25, -0.2) is 4.57 Å². The molecular weight excluding hydrogens is 635 g/mol. The van der Waals surface area contributed by atoms with Crippen LogP contribution in [0.3, 0.4) is 0 Å². The third-order valence-corrected chi connectivity index (χ3v) is 10.0. The lowest BCUT2D eigenvalue weighted by molar-refractivity contribution is -0.123. The van der Waals surface area contributed by atoms with Crippen molar-refractivity contribution < 1.29 is 28.4 Å². The maximum absolute atomic E-state index is 12.7. The topological polar surface area (TPSA) is 131 Å². The van der Waals surface area contributed by atoms with E-state index in [0.29, 0.717) is 6.42 Å². The predicted octanol–water partition coefficient (Wildman–Crippen LogP) is 11.0. The molecule has 0 aromatic carbocycles. The number of phosphoric ester groups is 1. The molecule has 0 aliphatic rings. The van der Waals surface area contributed by atoms with E-state index in [1.807, 2.05) is 6.08 Å². The van der Waals surface area contributed by atoms with Crippen LogP contribution in [0.15, 0.2) is 24.3 Å². The number of nitrogens with two attached hydrogens (primary N) is 1. The van der Waals surface area contributed by atoms with Crippen LogP contribution < -0.4 is 11.1 Å². The normalized spacial score (nSPS) is 14.5. The molecule has 3 unspecified atom stereocenters. The fourth-order valence-electron chi connectivity index (χ4n) is 5.91. The second kappa shape index (κ2) is 36.8. The van der Waals surface area contributed by atoms with Crippen molar-refractivity contribution in [2.75, 3.05) is 19.8 Å². The van der Waals surface area contributed by atoms with E-state index in [2.05, 4.69) is 31.3 Å². The van der Waals surface area contributed by atoms with Gasteiger partial charge in [0.1, 0.15) is 0 Å². The first kappa shape index (κ1) is 48.0. The molecule has 3 atom stereocenters. The molecule has 0 saturated carbocycles. The summed E-state index contributed by atoms with van der Waals surface area (Å²) in [6.07, 6.45) is 41.0. The Labute approximate surface area is 302 Å². The predicted molar refractivity (Wildman–Crippen MR) is 208 cm³/mol. The number of aliphatic hydroxyl groups is 1. The lowest BCUT2D eigenvalue weighted by Crippen LogP contribution is -2.45. The largest absolute Gasteiger partial charge is 0.472 e. The zero-order valence-corrected chi connectivity index (χ0v) is 32.8. The summed E-state index contributed by atoms with van der Waals surface area (Å²) < 4.78 is 22.0. The van der Waals surface area contributed by atoms with Crippen LogP contribution in [0.25, 0.3) is 0 Å². The molecule has 0 radical (unpaired) electrons. The Kier molecular flexibility index (Phi) is 36.0. The molecular formula is C40H79N2O6P. The summed E-state index contributed by atoms with van der Waals surface area (Å²) in [4.78, 5) is 22.6. The number of allylic oxidation sites excluding steroid dienone is 3. The van der Waals surface area contributed by atoms with Crippen LogP contribution in [0.5, 0.6) is 0 Å². The van der Waals surface area contributed by atoms with Crippen molar-refractivity contribution in [3.63, 3.8) is 0 Å². The van der Waals surface area contributed by atoms with Gasteiger partial charge in [0.15, 0.2) is 0 Å². The highest BCUT2D eigenvalue weighted by Gasteiger charge is 2.26. The molecule has 0 saturated heterocycles. The van der Waals surface area contributed by atoms with Gasteiger partial charge in [-0.3, -0.25) is 13.8 Å². The average Bonchev–Trinajstić information content (AvgIpc) is 3.09. The van der Waals surface area contributed by atoms with Gasteiger partial charge in [0.2, 0.25) is 5.91 Å². The third kappa shape index (κ3) is 35.2. The standard InChI is InChI=1S/C40H79N2O6P/c1-3-5-7-9-11-13-14-15-16-17-18-19-20-21-22-23-24-26-28-30-32-34-40(44)42-38(37-48-49(45,46)47-36-35-41)39(43)33-31-29-27-25-12-10-8-6-4-2/h12,25,31,33,38-39,43H,3-11,13-24,26-30,32,34-37,41H2,1-2H3,(H,42,44)(H,45,46)/b25-12+,33-31+. The minimum Gasteiger partial charge on any atom is -0.387 e. The summed E-state index contributed by atoms with van der Waals surface area (Å²) >= 11 is 0. The van der Waals surface area contributed by atoms with Gasteiger partial charge in [0, 0.05) is 13.0 Å². The molecule has 0 aliphatic carbocycles. The van der Waals surface area contributed by atoms with Gasteiger partial charge in [0.25, 0.3) is 0 Å². The van der Waals surface area contributed by atoms with Crippen LogP contribution >= 0.6 is 7.82 Å². The van der Waals surface area contributed by atoms with Crippen LogP contribution in [-0.2, 0) is 18.4 Å². The number of hydrogen-bond acceptors (Lipinski definition) is 6. The molecule has 8 nitrogen and oxygen atoms in total. The Morgan fingerprint density at radius 1 is 0.653 bits per heavy atom. The van der Waals surface area contributed by atoms with E-state index in [1.54, 1.807) is 6.08 Å². The van der Waals surface area contributed by atoms with Crippen LogP contribution in [0.4, 0.5) is 0 Å². The van der Waals surface area contributed by atoms with Gasteiger partial charge in [-0.15, -0.1) is 0 Å². The van der Waals surface area contributed by atoms with E-state index in [0.717, 1.165) is 38.5 Å². The summed E-state index contributed by atoms with van der Waals surface area (Å²) in [5.74, 6) is -0.204. The number of carbonyl (C=O) groups excluding carboxylic acids is 1. The lowest BCUT2D eigenvalue weighted by atomic mass is 10.0. The number of aliphatic hydroxyl groups excluding tert-OH is 1. The van der Waals surface area contributed by atoms with E-state index in [9.17, 15) is 19.4 Å². The van der Waals surface area contributed by atoms with Crippen molar-refractivity contribution in [1.82, 2.24) is 5.32 Å². The van der Waals surface area contributed by atoms with Crippen molar-refractivity contribution in [1.29, 1.82) is 0 Å². The van der Waals surface area contributed by atoms with E-state index in [-0.39, 0.29) is 25.7 Å². The molecule has 0 aromatic rings. The van der Waals surface area contributed by atoms with Crippen molar-refractivity contribution >= 4 is 13.7 Å². The van der Waals surface area contributed by atoms with Crippen LogP contribution in [-0.4, -0.2) is 47.8 Å². The number of phosphoric acid groups is 1. The molecule has 0 heterocycles. The minimum atomic E-state index is -4.33. The fraction of sp³-hybridized carbons (Fsp3) is 0.875. The van der Waals surface area contributed by atoms with Crippen molar-refractivity contribution in [3.05, 3.63) is 24.3 Å². The molecule has 0 aliphatic heterocycles. The first-order valence-electron chi connectivity index (χ1n) is 20.5. The quantitative estimate of drug-likeness (QED) is 0.0284. The third-order valence-electron chi connectivity index (χ3n) is 9.03. The van der Waals surface area contributed by atoms with Gasteiger partial charge in [-0.1, -0.05) is 179 Å². The second-order valence-electron chi connectivity index (χ2n) is 13.8. The molecule has 49 heavy (non-hydrogen) atoms. The number of unbranched alkanes of at least 4 members (excludes halogenated alkanes) is 24.